The van der Waals surface area contributed by atoms with E-state index in [0.29, 0.717) is 18.1 Å². The maximum Gasteiger partial charge on any atom is 0.246 e. The van der Waals surface area contributed by atoms with Gasteiger partial charge in [0, 0.05) is 29.9 Å². The summed E-state index contributed by atoms with van der Waals surface area (Å²) < 4.78 is 7.08. The summed E-state index contributed by atoms with van der Waals surface area (Å²) in [7, 11) is 1.62. The molecule has 0 spiro atoms. The largest absolute Gasteiger partial charge is 0.497 e. The minimum atomic E-state index is -0.287. The van der Waals surface area contributed by atoms with Crippen LogP contribution in [0.4, 0.5) is 5.95 Å². The average Bonchev–Trinajstić information content (AvgIpc) is 3.21. The molecule has 1 heterocycles. The Morgan fingerprint density at radius 1 is 1.03 bits per heavy atom. The summed E-state index contributed by atoms with van der Waals surface area (Å²) in [6.07, 6.45) is 2.29. The lowest BCUT2D eigenvalue weighted by atomic mass is 10.1. The van der Waals surface area contributed by atoms with Gasteiger partial charge in [0.15, 0.2) is 0 Å². The quantitative estimate of drug-likeness (QED) is 0.512. The number of amides is 2. The van der Waals surface area contributed by atoms with E-state index in [2.05, 4.69) is 10.3 Å². The third kappa shape index (κ3) is 6.22. The molecule has 0 radical (unpaired) electrons. The van der Waals surface area contributed by atoms with Gasteiger partial charge in [0.25, 0.3) is 0 Å². The second-order valence-corrected chi connectivity index (χ2v) is 8.65. The second kappa shape index (κ2) is 10.8. The standard InChI is InChI=1S/C26H32N4O3/c1-18(2)15-25(32)29(19(3)4)17-24(31)28-26-27-23(20-11-13-22(33-5)14-12-20)16-30(26)21-9-7-6-8-10-21/h6-14,16,18-19H,15,17H2,1-5H3,(H,27,28,31). The Bertz CT molecular complexity index is 1070. The molecule has 1 N–H and O–H groups in total. The zero-order valence-corrected chi connectivity index (χ0v) is 19.9. The van der Waals surface area contributed by atoms with Crippen molar-refractivity contribution in [3.8, 4) is 22.7 Å². The van der Waals surface area contributed by atoms with E-state index in [1.165, 1.54) is 0 Å². The Hall–Kier alpha value is -3.61. The van der Waals surface area contributed by atoms with Crippen molar-refractivity contribution in [2.24, 2.45) is 5.92 Å². The molecule has 7 heteroatoms. The van der Waals surface area contributed by atoms with E-state index in [1.807, 2.05) is 93.1 Å². The Kier molecular flexibility index (Phi) is 7.87. The van der Waals surface area contributed by atoms with Gasteiger partial charge in [-0.25, -0.2) is 4.98 Å². The van der Waals surface area contributed by atoms with E-state index >= 15 is 0 Å². The first-order valence-electron chi connectivity index (χ1n) is 11.2. The van der Waals surface area contributed by atoms with Gasteiger partial charge >= 0.3 is 0 Å². The van der Waals surface area contributed by atoms with Crippen LogP contribution >= 0.6 is 0 Å². The third-order valence-corrected chi connectivity index (χ3v) is 5.22. The van der Waals surface area contributed by atoms with Crippen molar-refractivity contribution in [3.63, 3.8) is 0 Å². The van der Waals surface area contributed by atoms with Gasteiger partial charge in [0.2, 0.25) is 17.8 Å². The smallest absolute Gasteiger partial charge is 0.246 e. The molecule has 3 rings (SSSR count). The fourth-order valence-electron chi connectivity index (χ4n) is 3.50. The van der Waals surface area contributed by atoms with Crippen molar-refractivity contribution in [3.05, 3.63) is 60.8 Å². The maximum absolute atomic E-state index is 13.0. The van der Waals surface area contributed by atoms with E-state index in [4.69, 9.17) is 4.74 Å². The highest BCUT2D eigenvalue weighted by atomic mass is 16.5. The summed E-state index contributed by atoms with van der Waals surface area (Å²) in [4.78, 5) is 31.9. The number of imidazole rings is 1. The van der Waals surface area contributed by atoms with Gasteiger partial charge in [-0.3, -0.25) is 19.5 Å². The number of nitrogens with one attached hydrogen (secondary N) is 1. The molecule has 0 aliphatic carbocycles. The van der Waals surface area contributed by atoms with Gasteiger partial charge in [-0.15, -0.1) is 0 Å². The van der Waals surface area contributed by atoms with Crippen molar-refractivity contribution in [1.29, 1.82) is 0 Å². The lowest BCUT2D eigenvalue weighted by molar-refractivity contribution is -0.137. The van der Waals surface area contributed by atoms with Crippen molar-refractivity contribution >= 4 is 17.8 Å². The van der Waals surface area contributed by atoms with E-state index in [-0.39, 0.29) is 30.3 Å². The topological polar surface area (TPSA) is 76.5 Å². The number of aromatic nitrogens is 2. The van der Waals surface area contributed by atoms with Crippen LogP contribution < -0.4 is 10.1 Å². The van der Waals surface area contributed by atoms with Crippen molar-refractivity contribution in [1.82, 2.24) is 14.5 Å². The van der Waals surface area contributed by atoms with Crippen LogP contribution in [0, 0.1) is 5.92 Å². The molecule has 0 fully saturated rings. The van der Waals surface area contributed by atoms with Crippen LogP contribution in [0.25, 0.3) is 16.9 Å². The number of hydrogen-bond acceptors (Lipinski definition) is 4. The summed E-state index contributed by atoms with van der Waals surface area (Å²) in [5.41, 5.74) is 2.49. The van der Waals surface area contributed by atoms with E-state index in [0.717, 1.165) is 17.0 Å². The van der Waals surface area contributed by atoms with Crippen molar-refractivity contribution in [2.75, 3.05) is 19.0 Å². The normalized spacial score (nSPS) is 11.0. The predicted octanol–water partition coefficient (Wildman–Crippen LogP) is 4.77. The molecule has 33 heavy (non-hydrogen) atoms. The zero-order chi connectivity index (χ0) is 24.0. The van der Waals surface area contributed by atoms with Crippen LogP contribution in [0.3, 0.4) is 0 Å². The zero-order valence-electron chi connectivity index (χ0n) is 19.9. The van der Waals surface area contributed by atoms with Crippen LogP contribution in [0.1, 0.15) is 34.1 Å². The highest BCUT2D eigenvalue weighted by Crippen LogP contribution is 2.26. The fourth-order valence-corrected chi connectivity index (χ4v) is 3.50. The molecule has 0 unspecified atom stereocenters. The number of hydrogen-bond donors (Lipinski definition) is 1. The lowest BCUT2D eigenvalue weighted by Crippen LogP contribution is -2.43. The second-order valence-electron chi connectivity index (χ2n) is 8.65. The van der Waals surface area contributed by atoms with Crippen LogP contribution in [-0.2, 0) is 9.59 Å². The van der Waals surface area contributed by atoms with E-state index in [1.54, 1.807) is 12.0 Å². The van der Waals surface area contributed by atoms with Gasteiger partial charge in [-0.2, -0.15) is 0 Å². The first-order valence-corrected chi connectivity index (χ1v) is 11.2. The van der Waals surface area contributed by atoms with Gasteiger partial charge in [0.1, 0.15) is 12.3 Å². The lowest BCUT2D eigenvalue weighted by Gasteiger charge is -2.27. The SMILES string of the molecule is COc1ccc(-c2cn(-c3ccccc3)c(NC(=O)CN(C(=O)CC(C)C)C(C)C)n2)cc1. The Labute approximate surface area is 195 Å². The third-order valence-electron chi connectivity index (χ3n) is 5.22. The molecular formula is C26H32N4O3. The van der Waals surface area contributed by atoms with Crippen LogP contribution in [0.15, 0.2) is 60.8 Å². The highest BCUT2D eigenvalue weighted by Gasteiger charge is 2.22. The Morgan fingerprint density at radius 2 is 1.70 bits per heavy atom. The van der Waals surface area contributed by atoms with Crippen LogP contribution in [-0.4, -0.2) is 46.0 Å². The molecule has 0 aliphatic heterocycles. The number of rotatable bonds is 9. The first-order chi connectivity index (χ1) is 15.8. The molecule has 0 saturated heterocycles. The van der Waals surface area contributed by atoms with E-state index in [9.17, 15) is 9.59 Å². The number of para-hydroxylation sites is 1. The minimum absolute atomic E-state index is 0.0251. The highest BCUT2D eigenvalue weighted by molar-refractivity contribution is 5.94. The molecule has 0 aliphatic rings. The number of anilines is 1. The number of carbonyl (C=O) groups is 2. The van der Waals surface area contributed by atoms with Crippen molar-refractivity contribution in [2.45, 2.75) is 40.2 Å². The molecule has 0 saturated carbocycles. The van der Waals surface area contributed by atoms with Crippen molar-refractivity contribution < 1.29 is 14.3 Å². The number of nitrogens with zero attached hydrogens (tertiary/aromatic N) is 3. The van der Waals surface area contributed by atoms with Gasteiger partial charge in [-0.05, 0) is 56.2 Å². The maximum atomic E-state index is 13.0. The molecular weight excluding hydrogens is 416 g/mol. The molecule has 1 aromatic heterocycles. The number of benzene rings is 2. The van der Waals surface area contributed by atoms with Gasteiger partial charge in [-0.1, -0.05) is 32.0 Å². The van der Waals surface area contributed by atoms with Gasteiger partial charge < -0.3 is 9.64 Å². The minimum Gasteiger partial charge on any atom is -0.497 e. The molecule has 3 aromatic rings. The molecule has 2 amide bonds. The average molecular weight is 449 g/mol. The fraction of sp³-hybridized carbons (Fsp3) is 0.346. The molecule has 0 atom stereocenters. The number of ether oxygens (including phenoxy) is 1. The Morgan fingerprint density at radius 3 is 2.27 bits per heavy atom. The first kappa shape index (κ1) is 24.0. The van der Waals surface area contributed by atoms with Crippen LogP contribution in [0.2, 0.25) is 0 Å². The number of carbonyl (C=O) groups excluding carboxylic acids is 2. The molecule has 174 valence electrons. The molecule has 0 bridgehead atoms. The summed E-state index contributed by atoms with van der Waals surface area (Å²) in [6, 6.07) is 17.2. The summed E-state index contributed by atoms with van der Waals surface area (Å²) in [6.45, 7) is 7.79. The predicted molar refractivity (Wildman–Crippen MR) is 130 cm³/mol. The molecule has 7 nitrogen and oxygen atoms in total. The number of methoxy groups -OCH3 is 1. The summed E-state index contributed by atoms with van der Waals surface area (Å²) in [5, 5.41) is 2.91. The van der Waals surface area contributed by atoms with Crippen LogP contribution in [0.5, 0.6) is 5.75 Å². The Balaban J connectivity index is 1.88. The molecule has 2 aromatic carbocycles. The summed E-state index contributed by atoms with van der Waals surface area (Å²) in [5.74, 6) is 1.07. The van der Waals surface area contributed by atoms with E-state index < -0.39 is 0 Å². The monoisotopic (exact) mass is 448 g/mol. The van der Waals surface area contributed by atoms with Gasteiger partial charge in [0.05, 0.1) is 12.8 Å². The summed E-state index contributed by atoms with van der Waals surface area (Å²) >= 11 is 0.